The van der Waals surface area contributed by atoms with Crippen LogP contribution in [0, 0.1) is 5.82 Å². The van der Waals surface area contributed by atoms with Gasteiger partial charge in [-0.2, -0.15) is 0 Å². The SMILES string of the molecule is O=C(CCN1CCC2(CC1)C(=O)c1cc(Cl)ccc1Sc1ccccc12)c1ccc(F)cc1. The molecule has 0 bridgehead atoms. The van der Waals surface area contributed by atoms with Crippen LogP contribution in [0.2, 0.25) is 5.02 Å². The number of halogens is 2. The highest BCUT2D eigenvalue weighted by Gasteiger charge is 2.46. The molecule has 3 aromatic rings. The summed E-state index contributed by atoms with van der Waals surface area (Å²) in [4.78, 5) is 30.8. The van der Waals surface area contributed by atoms with E-state index < -0.39 is 5.41 Å². The van der Waals surface area contributed by atoms with Crippen molar-refractivity contribution in [2.24, 2.45) is 0 Å². The fraction of sp³-hybridized carbons (Fsp3) is 0.259. The van der Waals surface area contributed by atoms with Crippen LogP contribution in [0.25, 0.3) is 0 Å². The van der Waals surface area contributed by atoms with E-state index in [4.69, 9.17) is 11.6 Å². The monoisotopic (exact) mass is 479 g/mol. The van der Waals surface area contributed by atoms with Gasteiger partial charge in [-0.05, 0) is 80.0 Å². The average molecular weight is 480 g/mol. The minimum Gasteiger partial charge on any atom is -0.303 e. The number of hydrogen-bond donors (Lipinski definition) is 0. The van der Waals surface area contributed by atoms with Crippen LogP contribution in [0.15, 0.2) is 76.5 Å². The normalized spacial score (nSPS) is 17.3. The lowest BCUT2D eigenvalue weighted by molar-refractivity contribution is 0.0751. The van der Waals surface area contributed by atoms with E-state index in [-0.39, 0.29) is 17.4 Å². The first-order valence-electron chi connectivity index (χ1n) is 11.1. The molecule has 1 saturated heterocycles. The topological polar surface area (TPSA) is 37.4 Å². The van der Waals surface area contributed by atoms with E-state index in [1.165, 1.54) is 24.3 Å². The Morgan fingerprint density at radius 1 is 1.00 bits per heavy atom. The number of carbonyl (C=O) groups is 2. The highest BCUT2D eigenvalue weighted by Crippen LogP contribution is 2.49. The molecule has 1 fully saturated rings. The molecule has 1 spiro atoms. The van der Waals surface area contributed by atoms with Gasteiger partial charge in [-0.15, -0.1) is 0 Å². The molecule has 0 radical (unpaired) electrons. The van der Waals surface area contributed by atoms with Crippen molar-refractivity contribution in [1.29, 1.82) is 0 Å². The molecule has 0 amide bonds. The Labute approximate surface area is 201 Å². The standard InChI is InChI=1S/C27H23ClFNO2S/c28-19-7-10-24-21(17-19)26(32)27(22-3-1-2-4-25(22)33-24)12-15-30(16-13-27)14-11-23(31)18-5-8-20(29)9-6-18/h1-10,17H,11-16H2. The summed E-state index contributed by atoms with van der Waals surface area (Å²) in [6.07, 6.45) is 1.76. The number of Topliss-reactive ketones (excluding diaryl/α,β-unsaturated/α-hetero) is 2. The molecule has 5 rings (SSSR count). The molecule has 0 aliphatic carbocycles. The zero-order valence-corrected chi connectivity index (χ0v) is 19.6. The van der Waals surface area contributed by atoms with Gasteiger partial charge in [0, 0.05) is 38.9 Å². The number of piperidine rings is 1. The van der Waals surface area contributed by atoms with Crippen LogP contribution in [0.4, 0.5) is 4.39 Å². The minimum absolute atomic E-state index is 0.00569. The van der Waals surface area contributed by atoms with Crippen LogP contribution in [0.1, 0.15) is 45.5 Å². The summed E-state index contributed by atoms with van der Waals surface area (Å²) in [5, 5.41) is 0.570. The van der Waals surface area contributed by atoms with Gasteiger partial charge in [-0.3, -0.25) is 9.59 Å². The van der Waals surface area contributed by atoms with E-state index in [0.717, 1.165) is 28.4 Å². The number of nitrogens with zero attached hydrogens (tertiary/aromatic N) is 1. The summed E-state index contributed by atoms with van der Waals surface area (Å²) in [6, 6.07) is 19.5. The smallest absolute Gasteiger partial charge is 0.174 e. The number of hydrogen-bond acceptors (Lipinski definition) is 4. The Morgan fingerprint density at radius 2 is 1.73 bits per heavy atom. The fourth-order valence-corrected chi connectivity index (χ4v) is 6.24. The van der Waals surface area contributed by atoms with Crippen molar-refractivity contribution in [3.63, 3.8) is 0 Å². The van der Waals surface area contributed by atoms with Crippen LogP contribution < -0.4 is 0 Å². The van der Waals surface area contributed by atoms with E-state index in [0.29, 0.717) is 42.0 Å². The first-order valence-corrected chi connectivity index (χ1v) is 12.3. The van der Waals surface area contributed by atoms with Crippen molar-refractivity contribution < 1.29 is 14.0 Å². The molecule has 0 unspecified atom stereocenters. The molecule has 2 aliphatic rings. The number of rotatable bonds is 4. The molecule has 33 heavy (non-hydrogen) atoms. The predicted molar refractivity (Wildman–Crippen MR) is 129 cm³/mol. The quantitative estimate of drug-likeness (QED) is 0.404. The third-order valence-electron chi connectivity index (χ3n) is 6.77. The van der Waals surface area contributed by atoms with Crippen molar-refractivity contribution in [1.82, 2.24) is 4.90 Å². The second kappa shape index (κ2) is 9.05. The maximum Gasteiger partial charge on any atom is 0.174 e. The van der Waals surface area contributed by atoms with Crippen molar-refractivity contribution >= 4 is 34.9 Å². The lowest BCUT2D eigenvalue weighted by atomic mass is 9.68. The first-order chi connectivity index (χ1) is 16.0. The summed E-state index contributed by atoms with van der Waals surface area (Å²) in [6.45, 7) is 2.09. The van der Waals surface area contributed by atoms with Crippen LogP contribution in [-0.2, 0) is 5.41 Å². The van der Waals surface area contributed by atoms with E-state index >= 15 is 0 Å². The molecule has 0 atom stereocenters. The predicted octanol–water partition coefficient (Wildman–Crippen LogP) is 6.43. The van der Waals surface area contributed by atoms with Gasteiger partial charge in [0.1, 0.15) is 5.82 Å². The van der Waals surface area contributed by atoms with E-state index in [2.05, 4.69) is 17.0 Å². The van der Waals surface area contributed by atoms with Gasteiger partial charge in [0.05, 0.1) is 5.41 Å². The molecule has 0 aromatic heterocycles. The molecule has 2 aliphatic heterocycles. The Hall–Kier alpha value is -2.47. The van der Waals surface area contributed by atoms with Gasteiger partial charge in [-0.1, -0.05) is 41.6 Å². The van der Waals surface area contributed by atoms with Crippen LogP contribution in [-0.4, -0.2) is 36.1 Å². The van der Waals surface area contributed by atoms with Gasteiger partial charge >= 0.3 is 0 Å². The second-order valence-corrected chi connectivity index (χ2v) is 10.2. The third kappa shape index (κ3) is 4.25. The first kappa shape index (κ1) is 22.3. The van der Waals surface area contributed by atoms with Crippen molar-refractivity contribution in [3.8, 4) is 0 Å². The lowest BCUT2D eigenvalue weighted by Crippen LogP contribution is -2.47. The number of ketones is 2. The lowest BCUT2D eigenvalue weighted by Gasteiger charge is -2.41. The van der Waals surface area contributed by atoms with Crippen molar-refractivity contribution in [2.45, 2.75) is 34.5 Å². The molecular weight excluding hydrogens is 457 g/mol. The number of carbonyl (C=O) groups excluding carboxylic acids is 2. The summed E-state index contributed by atoms with van der Waals surface area (Å²) < 4.78 is 13.1. The largest absolute Gasteiger partial charge is 0.303 e. The zero-order valence-electron chi connectivity index (χ0n) is 18.0. The van der Waals surface area contributed by atoms with Gasteiger partial charge in [-0.25, -0.2) is 4.39 Å². The fourth-order valence-electron chi connectivity index (χ4n) is 4.91. The van der Waals surface area contributed by atoms with Gasteiger partial charge in [0.2, 0.25) is 0 Å². The molecule has 6 heteroatoms. The molecule has 3 nitrogen and oxygen atoms in total. The summed E-state index contributed by atoms with van der Waals surface area (Å²) in [5.74, 6) is -0.201. The van der Waals surface area contributed by atoms with E-state index in [1.807, 2.05) is 24.3 Å². The summed E-state index contributed by atoms with van der Waals surface area (Å²) >= 11 is 7.90. The zero-order chi connectivity index (χ0) is 23.0. The van der Waals surface area contributed by atoms with E-state index in [9.17, 15) is 14.0 Å². The molecular formula is C27H23ClFNO2S. The average Bonchev–Trinajstić information content (AvgIpc) is 2.93. The Balaban J connectivity index is 1.35. The van der Waals surface area contributed by atoms with E-state index in [1.54, 1.807) is 17.8 Å². The highest BCUT2D eigenvalue weighted by atomic mass is 35.5. The van der Waals surface area contributed by atoms with Crippen LogP contribution in [0.5, 0.6) is 0 Å². The van der Waals surface area contributed by atoms with Crippen LogP contribution in [0.3, 0.4) is 0 Å². The second-order valence-electron chi connectivity index (χ2n) is 8.67. The van der Waals surface area contributed by atoms with Gasteiger partial charge < -0.3 is 4.90 Å². The maximum atomic E-state index is 13.9. The Morgan fingerprint density at radius 3 is 2.48 bits per heavy atom. The minimum atomic E-state index is -0.586. The molecule has 168 valence electrons. The Kier molecular flexibility index (Phi) is 6.12. The van der Waals surface area contributed by atoms with Gasteiger partial charge in [0.15, 0.2) is 11.6 Å². The third-order valence-corrected chi connectivity index (χ3v) is 8.16. The molecule has 3 aromatic carbocycles. The summed E-state index contributed by atoms with van der Waals surface area (Å²) in [5.41, 5.74) is 1.73. The molecule has 0 saturated carbocycles. The highest BCUT2D eigenvalue weighted by molar-refractivity contribution is 7.99. The molecule has 2 heterocycles. The van der Waals surface area contributed by atoms with Gasteiger partial charge in [0.25, 0.3) is 0 Å². The van der Waals surface area contributed by atoms with Crippen molar-refractivity contribution in [3.05, 3.63) is 94.3 Å². The van der Waals surface area contributed by atoms with Crippen LogP contribution >= 0.6 is 23.4 Å². The number of benzene rings is 3. The maximum absolute atomic E-state index is 13.9. The number of likely N-dealkylation sites (tertiary alicyclic amines) is 1. The Bertz CT molecular complexity index is 1220. The number of fused-ring (bicyclic) bond motifs is 3. The van der Waals surface area contributed by atoms with Crippen molar-refractivity contribution in [2.75, 3.05) is 19.6 Å². The molecule has 0 N–H and O–H groups in total. The summed E-state index contributed by atoms with van der Waals surface area (Å²) in [7, 11) is 0.